The first kappa shape index (κ1) is 23.1. The van der Waals surface area contributed by atoms with Crippen molar-refractivity contribution in [1.29, 1.82) is 0 Å². The third kappa shape index (κ3) is 6.94. The molecular weight excluding hydrogens is 422 g/mol. The van der Waals surface area contributed by atoms with E-state index in [-0.39, 0.29) is 30.6 Å². The summed E-state index contributed by atoms with van der Waals surface area (Å²) in [6.07, 6.45) is 4.32. The van der Waals surface area contributed by atoms with Crippen LogP contribution in [0.3, 0.4) is 0 Å². The molecule has 2 unspecified atom stereocenters. The normalized spacial score (nSPS) is 19.8. The minimum absolute atomic E-state index is 0.0872. The maximum atomic E-state index is 12.4. The molecule has 176 valence electrons. The van der Waals surface area contributed by atoms with Crippen LogP contribution in [0.25, 0.3) is 0 Å². The van der Waals surface area contributed by atoms with E-state index in [2.05, 4.69) is 16.0 Å². The van der Waals surface area contributed by atoms with Crippen LogP contribution in [0.2, 0.25) is 0 Å². The topological polar surface area (TPSA) is 97.9 Å². The molecule has 3 N–H and O–H groups in total. The lowest BCUT2D eigenvalue weighted by Gasteiger charge is -2.15. The van der Waals surface area contributed by atoms with Crippen molar-refractivity contribution in [3.63, 3.8) is 0 Å². The second-order valence-corrected chi connectivity index (χ2v) is 8.27. The van der Waals surface area contributed by atoms with Crippen molar-refractivity contribution in [2.24, 2.45) is 0 Å². The van der Waals surface area contributed by atoms with E-state index in [1.165, 1.54) is 0 Å². The molecule has 8 heteroatoms. The van der Waals surface area contributed by atoms with Crippen LogP contribution in [-0.2, 0) is 14.3 Å². The van der Waals surface area contributed by atoms with Gasteiger partial charge >= 0.3 is 0 Å². The molecule has 33 heavy (non-hydrogen) atoms. The third-order valence-corrected chi connectivity index (χ3v) is 5.72. The Morgan fingerprint density at radius 3 is 2.39 bits per heavy atom. The van der Waals surface area contributed by atoms with Gasteiger partial charge in [0.15, 0.2) is 0 Å². The van der Waals surface area contributed by atoms with Crippen LogP contribution in [0.4, 0.5) is 11.4 Å². The van der Waals surface area contributed by atoms with Crippen molar-refractivity contribution in [2.45, 2.75) is 37.9 Å². The summed E-state index contributed by atoms with van der Waals surface area (Å²) in [5, 5.41) is 8.86. The summed E-state index contributed by atoms with van der Waals surface area (Å²) in [4.78, 5) is 24.7. The van der Waals surface area contributed by atoms with Gasteiger partial charge in [0.2, 0.25) is 5.91 Å². The van der Waals surface area contributed by atoms with Crippen LogP contribution in [0, 0.1) is 0 Å². The zero-order valence-corrected chi connectivity index (χ0v) is 18.7. The fourth-order valence-corrected chi connectivity index (χ4v) is 3.90. The van der Waals surface area contributed by atoms with E-state index in [0.717, 1.165) is 44.6 Å². The van der Waals surface area contributed by atoms with Crippen molar-refractivity contribution in [1.82, 2.24) is 5.32 Å². The highest BCUT2D eigenvalue weighted by Crippen LogP contribution is 2.25. The quantitative estimate of drug-likeness (QED) is 0.511. The number of carbonyl (C=O) groups excluding carboxylic acids is 2. The Hall–Kier alpha value is -3.10. The Labute approximate surface area is 194 Å². The van der Waals surface area contributed by atoms with Crippen LogP contribution in [0.1, 0.15) is 36.0 Å². The van der Waals surface area contributed by atoms with Gasteiger partial charge in [-0.3, -0.25) is 9.59 Å². The van der Waals surface area contributed by atoms with E-state index >= 15 is 0 Å². The molecule has 4 rings (SSSR count). The van der Waals surface area contributed by atoms with Gasteiger partial charge in [0.05, 0.1) is 24.4 Å². The molecule has 0 bridgehead atoms. The molecule has 2 atom stereocenters. The average molecular weight is 454 g/mol. The molecule has 8 nitrogen and oxygen atoms in total. The summed E-state index contributed by atoms with van der Waals surface area (Å²) in [5.41, 5.74) is 1.92. The van der Waals surface area contributed by atoms with Gasteiger partial charge in [-0.15, -0.1) is 0 Å². The maximum Gasteiger partial charge on any atom is 0.251 e. The van der Waals surface area contributed by atoms with E-state index in [1.54, 1.807) is 24.3 Å². The highest BCUT2D eigenvalue weighted by atomic mass is 16.5. The van der Waals surface area contributed by atoms with Gasteiger partial charge in [-0.25, -0.2) is 0 Å². The smallest absolute Gasteiger partial charge is 0.251 e. The third-order valence-electron chi connectivity index (χ3n) is 5.72. The van der Waals surface area contributed by atoms with Crippen LogP contribution in [-0.4, -0.2) is 56.9 Å². The second-order valence-electron chi connectivity index (χ2n) is 8.27. The van der Waals surface area contributed by atoms with Crippen molar-refractivity contribution in [3.8, 4) is 5.75 Å². The molecule has 2 fully saturated rings. The summed E-state index contributed by atoms with van der Waals surface area (Å²) >= 11 is 0. The van der Waals surface area contributed by atoms with E-state index in [1.807, 2.05) is 24.3 Å². The molecule has 0 aromatic heterocycles. The van der Waals surface area contributed by atoms with Crippen molar-refractivity contribution in [3.05, 3.63) is 54.1 Å². The summed E-state index contributed by atoms with van der Waals surface area (Å²) in [5.74, 6) is 0.350. The molecular formula is C25H31N3O5. The first-order valence-electron chi connectivity index (χ1n) is 11.5. The van der Waals surface area contributed by atoms with Crippen molar-refractivity contribution >= 4 is 23.2 Å². The molecule has 2 aromatic rings. The van der Waals surface area contributed by atoms with Gasteiger partial charge in [0, 0.05) is 31.0 Å². The number of anilines is 2. The van der Waals surface area contributed by atoms with Gasteiger partial charge in [-0.2, -0.15) is 0 Å². The molecule has 2 heterocycles. The fourth-order valence-electron chi connectivity index (χ4n) is 3.90. The zero-order chi connectivity index (χ0) is 22.9. The van der Waals surface area contributed by atoms with Gasteiger partial charge in [-0.05, 0) is 62.1 Å². The van der Waals surface area contributed by atoms with E-state index in [0.29, 0.717) is 30.2 Å². The SMILES string of the molecule is O=C(CNc1ccccc1OCC1CCCO1)Nc1ccc(C(=O)NCC2CCCO2)cc1. The summed E-state index contributed by atoms with van der Waals surface area (Å²) < 4.78 is 17.0. The molecule has 0 aliphatic carbocycles. The molecule has 2 amide bonds. The number of hydrogen-bond donors (Lipinski definition) is 3. The number of rotatable bonds is 10. The van der Waals surface area contributed by atoms with E-state index < -0.39 is 0 Å². The van der Waals surface area contributed by atoms with Crippen molar-refractivity contribution in [2.75, 3.05) is 43.5 Å². The number of hydrogen-bond acceptors (Lipinski definition) is 6. The molecule has 0 spiro atoms. The molecule has 0 radical (unpaired) electrons. The summed E-state index contributed by atoms with van der Waals surface area (Å²) in [6.45, 7) is 2.65. The molecule has 2 aromatic carbocycles. The predicted molar refractivity (Wildman–Crippen MR) is 126 cm³/mol. The largest absolute Gasteiger partial charge is 0.489 e. The van der Waals surface area contributed by atoms with Gasteiger partial charge in [0.25, 0.3) is 5.91 Å². The Balaban J connectivity index is 1.22. The molecule has 2 aliphatic heterocycles. The Bertz CT molecular complexity index is 922. The van der Waals surface area contributed by atoms with Gasteiger partial charge in [0.1, 0.15) is 12.4 Å². The highest BCUT2D eigenvalue weighted by Gasteiger charge is 2.18. The standard InChI is InChI=1S/C25H31N3O5/c29-24(16-26-22-7-1-2-8-23(22)33-17-21-6-4-14-32-21)28-19-11-9-18(10-12-19)25(30)27-15-20-5-3-13-31-20/h1-2,7-12,20-21,26H,3-6,13-17H2,(H,27,30)(H,28,29). The maximum absolute atomic E-state index is 12.4. The number of para-hydroxylation sites is 2. The first-order valence-corrected chi connectivity index (χ1v) is 11.5. The summed E-state index contributed by atoms with van der Waals surface area (Å²) in [7, 11) is 0. The van der Waals surface area contributed by atoms with Crippen molar-refractivity contribution < 1.29 is 23.8 Å². The van der Waals surface area contributed by atoms with Crippen LogP contribution in [0.5, 0.6) is 5.75 Å². The number of carbonyl (C=O) groups is 2. The van der Waals surface area contributed by atoms with Crippen LogP contribution >= 0.6 is 0 Å². The zero-order valence-electron chi connectivity index (χ0n) is 18.7. The Kier molecular flexibility index (Phi) is 8.16. The lowest BCUT2D eigenvalue weighted by molar-refractivity contribution is -0.114. The van der Waals surface area contributed by atoms with Crippen LogP contribution < -0.4 is 20.7 Å². The molecule has 2 saturated heterocycles. The molecule has 2 aliphatic rings. The monoisotopic (exact) mass is 453 g/mol. The summed E-state index contributed by atoms with van der Waals surface area (Å²) in [6, 6.07) is 14.4. The van der Waals surface area contributed by atoms with E-state index in [9.17, 15) is 9.59 Å². The first-order chi connectivity index (χ1) is 16.2. The second kappa shape index (κ2) is 11.7. The molecule has 0 saturated carbocycles. The lowest BCUT2D eigenvalue weighted by atomic mass is 10.2. The fraction of sp³-hybridized carbons (Fsp3) is 0.440. The number of benzene rings is 2. The van der Waals surface area contributed by atoms with Gasteiger partial charge in [-0.1, -0.05) is 12.1 Å². The minimum Gasteiger partial charge on any atom is -0.489 e. The average Bonchev–Trinajstić information content (AvgIpc) is 3.55. The van der Waals surface area contributed by atoms with E-state index in [4.69, 9.17) is 14.2 Å². The minimum atomic E-state index is -0.195. The lowest BCUT2D eigenvalue weighted by Crippen LogP contribution is -2.31. The predicted octanol–water partition coefficient (Wildman–Crippen LogP) is 3.20. The number of ether oxygens (including phenoxy) is 3. The van der Waals surface area contributed by atoms with Crippen LogP contribution in [0.15, 0.2) is 48.5 Å². The Morgan fingerprint density at radius 2 is 1.67 bits per heavy atom. The van der Waals surface area contributed by atoms with Gasteiger partial charge < -0.3 is 30.2 Å². The highest BCUT2D eigenvalue weighted by molar-refractivity contribution is 5.96. The number of nitrogens with one attached hydrogen (secondary N) is 3. The Morgan fingerprint density at radius 1 is 0.939 bits per heavy atom. The number of amides is 2.